The molecule has 46 heavy (non-hydrogen) atoms. The molecule has 3 aromatic heterocycles. The first-order valence-electron chi connectivity index (χ1n) is 16.0. The van der Waals surface area contributed by atoms with Crippen LogP contribution < -0.4 is 4.90 Å². The van der Waals surface area contributed by atoms with Crippen molar-refractivity contribution in [3.05, 3.63) is 151 Å². The third-order valence-electron chi connectivity index (χ3n) is 10.4. The van der Waals surface area contributed by atoms with Crippen molar-refractivity contribution in [1.29, 1.82) is 0 Å². The smallest absolute Gasteiger partial charge is 0.0629 e. The summed E-state index contributed by atoms with van der Waals surface area (Å²) in [4.78, 5) is 9.94. The Morgan fingerprint density at radius 2 is 1.04 bits per heavy atom. The highest BCUT2D eigenvalue weighted by Gasteiger charge is 2.37. The standard InChI is InChI=1S/C42H28N4/c1-5-13-39-27(9-1)28-10-2-6-14-40(28)45(39)25-17-19-35-31(21-25)33-23-34-32-22-26(18-20-36(32)44-38(34)24-37(33)43-35)46-41-15-7-3-11-29(41)30-12-4-8-16-42(30)46/h1-24,27,39,43-44H. The van der Waals surface area contributed by atoms with Crippen LogP contribution in [0.2, 0.25) is 0 Å². The van der Waals surface area contributed by atoms with Crippen molar-refractivity contribution in [3.8, 4) is 5.69 Å². The minimum Gasteiger partial charge on any atom is -0.354 e. The fourth-order valence-electron chi connectivity index (χ4n) is 8.35. The van der Waals surface area contributed by atoms with Gasteiger partial charge < -0.3 is 19.4 Å². The van der Waals surface area contributed by atoms with Crippen molar-refractivity contribution in [1.82, 2.24) is 14.5 Å². The molecule has 0 radical (unpaired) electrons. The van der Waals surface area contributed by atoms with Gasteiger partial charge in [-0.05, 0) is 72.3 Å². The first kappa shape index (κ1) is 24.3. The Labute approximate surface area is 264 Å². The summed E-state index contributed by atoms with van der Waals surface area (Å²) in [6.45, 7) is 0. The highest BCUT2D eigenvalue weighted by atomic mass is 15.2. The molecule has 9 aromatic rings. The van der Waals surface area contributed by atoms with Crippen LogP contribution in [-0.4, -0.2) is 20.6 Å². The molecule has 2 N–H and O–H groups in total. The molecule has 0 amide bonds. The van der Waals surface area contributed by atoms with Crippen molar-refractivity contribution in [2.24, 2.45) is 0 Å². The Bertz CT molecular complexity index is 2730. The van der Waals surface area contributed by atoms with Crippen LogP contribution in [0, 0.1) is 0 Å². The summed E-state index contributed by atoms with van der Waals surface area (Å²) in [5.41, 5.74) is 12.1. The summed E-state index contributed by atoms with van der Waals surface area (Å²) in [7, 11) is 0. The number of allylic oxidation sites excluding steroid dienone is 2. The minimum atomic E-state index is 0.282. The molecule has 0 saturated heterocycles. The zero-order chi connectivity index (χ0) is 29.9. The second-order valence-electron chi connectivity index (χ2n) is 12.7. The molecule has 2 atom stereocenters. The highest BCUT2D eigenvalue weighted by molar-refractivity contribution is 6.18. The average Bonchev–Trinajstić information content (AvgIpc) is 3.84. The molecule has 216 valence electrons. The van der Waals surface area contributed by atoms with E-state index in [0.717, 1.165) is 22.1 Å². The third kappa shape index (κ3) is 3.18. The maximum absolute atomic E-state index is 3.71. The summed E-state index contributed by atoms with van der Waals surface area (Å²) < 4.78 is 2.40. The summed E-state index contributed by atoms with van der Waals surface area (Å²) in [6, 6.07) is 44.9. The van der Waals surface area contributed by atoms with E-state index in [9.17, 15) is 0 Å². The number of rotatable bonds is 2. The number of hydrogen-bond donors (Lipinski definition) is 2. The Morgan fingerprint density at radius 1 is 0.457 bits per heavy atom. The molecule has 4 heteroatoms. The summed E-state index contributed by atoms with van der Waals surface area (Å²) >= 11 is 0. The van der Waals surface area contributed by atoms with Gasteiger partial charge >= 0.3 is 0 Å². The van der Waals surface area contributed by atoms with E-state index < -0.39 is 0 Å². The highest BCUT2D eigenvalue weighted by Crippen LogP contribution is 2.48. The van der Waals surface area contributed by atoms with Crippen molar-refractivity contribution >= 4 is 76.8 Å². The topological polar surface area (TPSA) is 39.8 Å². The zero-order valence-corrected chi connectivity index (χ0v) is 24.9. The number of anilines is 2. The van der Waals surface area contributed by atoms with Gasteiger partial charge in [0.05, 0.1) is 17.1 Å². The molecule has 0 bridgehead atoms. The SMILES string of the molecule is C1=CC2c3ccccc3N(c3ccc4[nH]c5cc6[nH]c7ccc(-n8c9ccccc9c9ccccc98)cc7c6cc5c4c3)C2C=C1. The van der Waals surface area contributed by atoms with Gasteiger partial charge in [-0.3, -0.25) is 0 Å². The average molecular weight is 589 g/mol. The van der Waals surface area contributed by atoms with E-state index in [-0.39, 0.29) is 6.04 Å². The van der Waals surface area contributed by atoms with E-state index in [1.54, 1.807) is 0 Å². The van der Waals surface area contributed by atoms with E-state index in [1.807, 2.05) is 0 Å². The van der Waals surface area contributed by atoms with Crippen LogP contribution in [-0.2, 0) is 0 Å². The molecule has 6 aromatic carbocycles. The molecule has 0 saturated carbocycles. The number of fused-ring (bicyclic) bond motifs is 12. The van der Waals surface area contributed by atoms with Crippen molar-refractivity contribution < 1.29 is 0 Å². The first-order chi connectivity index (χ1) is 22.8. The number of para-hydroxylation sites is 3. The van der Waals surface area contributed by atoms with E-state index in [4.69, 9.17) is 0 Å². The number of nitrogens with one attached hydrogen (secondary N) is 2. The van der Waals surface area contributed by atoms with Gasteiger partial charge in [0.2, 0.25) is 0 Å². The number of aromatic nitrogens is 3. The fourth-order valence-corrected chi connectivity index (χ4v) is 8.35. The van der Waals surface area contributed by atoms with Crippen LogP contribution in [0.3, 0.4) is 0 Å². The van der Waals surface area contributed by atoms with E-state index >= 15 is 0 Å². The number of aromatic amines is 2. The number of hydrogen-bond acceptors (Lipinski definition) is 1. The Hall–Kier alpha value is -6.00. The Morgan fingerprint density at radius 3 is 1.78 bits per heavy atom. The number of benzene rings is 6. The predicted octanol–water partition coefficient (Wildman–Crippen LogP) is 10.8. The van der Waals surface area contributed by atoms with Crippen molar-refractivity contribution in [2.75, 3.05) is 4.90 Å². The maximum Gasteiger partial charge on any atom is 0.0629 e. The lowest BCUT2D eigenvalue weighted by Crippen LogP contribution is -2.28. The molecule has 11 rings (SSSR count). The molecule has 0 spiro atoms. The maximum atomic E-state index is 3.71. The van der Waals surface area contributed by atoms with Crippen molar-refractivity contribution in [2.45, 2.75) is 12.0 Å². The van der Waals surface area contributed by atoms with E-state index in [2.05, 4.69) is 165 Å². The van der Waals surface area contributed by atoms with Gasteiger partial charge in [-0.25, -0.2) is 0 Å². The Kier molecular flexibility index (Phi) is 4.66. The van der Waals surface area contributed by atoms with Gasteiger partial charge in [-0.2, -0.15) is 0 Å². The minimum absolute atomic E-state index is 0.282. The number of nitrogens with zero attached hydrogens (tertiary/aromatic N) is 2. The summed E-state index contributed by atoms with van der Waals surface area (Å²) in [5.74, 6) is 0.370. The summed E-state index contributed by atoms with van der Waals surface area (Å²) in [5, 5.41) is 7.52. The number of H-pyrrole nitrogens is 2. The lowest BCUT2D eigenvalue weighted by Gasteiger charge is -2.28. The predicted molar refractivity (Wildman–Crippen MR) is 193 cm³/mol. The van der Waals surface area contributed by atoms with Crippen LogP contribution in [0.1, 0.15) is 11.5 Å². The van der Waals surface area contributed by atoms with Crippen LogP contribution in [0.15, 0.2) is 146 Å². The fraction of sp³-hybridized carbons (Fsp3) is 0.0476. The van der Waals surface area contributed by atoms with Crippen LogP contribution in [0.5, 0.6) is 0 Å². The zero-order valence-electron chi connectivity index (χ0n) is 24.9. The molecule has 0 fully saturated rings. The third-order valence-corrected chi connectivity index (χ3v) is 10.4. The van der Waals surface area contributed by atoms with Crippen LogP contribution in [0.25, 0.3) is 71.1 Å². The van der Waals surface area contributed by atoms with Crippen molar-refractivity contribution in [3.63, 3.8) is 0 Å². The van der Waals surface area contributed by atoms with Gasteiger partial charge in [-0.1, -0.05) is 78.9 Å². The van der Waals surface area contributed by atoms with Gasteiger partial charge in [-0.15, -0.1) is 0 Å². The lowest BCUT2D eigenvalue weighted by atomic mass is 9.91. The lowest BCUT2D eigenvalue weighted by molar-refractivity contribution is 0.745. The second kappa shape index (κ2) is 8.80. The second-order valence-corrected chi connectivity index (χ2v) is 12.7. The molecule has 1 aliphatic carbocycles. The molecular formula is C42H28N4. The normalized spacial score (nSPS) is 17.3. The molecule has 2 aliphatic rings. The first-order valence-corrected chi connectivity index (χ1v) is 16.0. The van der Waals surface area contributed by atoms with Gasteiger partial charge in [0.15, 0.2) is 0 Å². The van der Waals surface area contributed by atoms with E-state index in [0.29, 0.717) is 5.92 Å². The molecular weight excluding hydrogens is 560 g/mol. The summed E-state index contributed by atoms with van der Waals surface area (Å²) in [6.07, 6.45) is 9.05. The van der Waals surface area contributed by atoms with Gasteiger partial charge in [0.1, 0.15) is 0 Å². The Balaban J connectivity index is 1.11. The largest absolute Gasteiger partial charge is 0.354 e. The van der Waals surface area contributed by atoms with Gasteiger partial charge in [0.25, 0.3) is 0 Å². The monoisotopic (exact) mass is 588 g/mol. The molecule has 4 nitrogen and oxygen atoms in total. The molecule has 1 aliphatic heterocycles. The van der Waals surface area contributed by atoms with E-state index in [1.165, 1.54) is 66.0 Å². The van der Waals surface area contributed by atoms with Crippen LogP contribution in [0.4, 0.5) is 11.4 Å². The quantitative estimate of drug-likeness (QED) is 0.207. The van der Waals surface area contributed by atoms with Gasteiger partial charge in [0, 0.05) is 77.4 Å². The molecule has 2 unspecified atom stereocenters. The van der Waals surface area contributed by atoms with Crippen LogP contribution >= 0.6 is 0 Å². The molecule has 4 heterocycles.